The van der Waals surface area contributed by atoms with Gasteiger partial charge in [0.15, 0.2) is 0 Å². The fourth-order valence-electron chi connectivity index (χ4n) is 2.08. The summed E-state index contributed by atoms with van der Waals surface area (Å²) in [5.74, 6) is 0.821. The molecular weight excluding hydrogens is 276 g/mol. The average molecular weight is 299 g/mol. The first-order chi connectivity index (χ1) is 9.29. The van der Waals surface area contributed by atoms with Crippen molar-refractivity contribution in [2.24, 2.45) is 0 Å². The predicted molar refractivity (Wildman–Crippen MR) is 82.8 cm³/mol. The molecule has 0 aliphatic carbocycles. The summed E-state index contributed by atoms with van der Waals surface area (Å²) >= 11 is 0. The third-order valence-corrected chi connectivity index (χ3v) is 3.28. The molecule has 1 unspecified atom stereocenters. The van der Waals surface area contributed by atoms with Crippen LogP contribution in [0.15, 0.2) is 24.3 Å². The molecule has 2 rings (SSSR count). The highest BCUT2D eigenvalue weighted by atomic mass is 35.5. The summed E-state index contributed by atoms with van der Waals surface area (Å²) in [6, 6.07) is 7.61. The Balaban J connectivity index is 0.00000200. The van der Waals surface area contributed by atoms with Crippen LogP contribution in [0.1, 0.15) is 36.5 Å². The van der Waals surface area contributed by atoms with Crippen LogP contribution in [0.25, 0.3) is 0 Å². The molecule has 0 aromatic heterocycles. The molecule has 1 atom stereocenters. The number of amides is 1. The van der Waals surface area contributed by atoms with Crippen molar-refractivity contribution < 1.29 is 9.53 Å². The molecule has 1 aromatic rings. The zero-order valence-corrected chi connectivity index (χ0v) is 12.7. The molecule has 1 aliphatic heterocycles. The molecule has 1 heterocycles. The summed E-state index contributed by atoms with van der Waals surface area (Å²) in [5.41, 5.74) is 0.690. The number of benzene rings is 1. The van der Waals surface area contributed by atoms with Gasteiger partial charge in [0, 0.05) is 18.2 Å². The molecule has 1 aliphatic rings. The van der Waals surface area contributed by atoms with E-state index in [1.165, 1.54) is 0 Å². The lowest BCUT2D eigenvalue weighted by Crippen LogP contribution is -2.36. The molecule has 5 heteroatoms. The van der Waals surface area contributed by atoms with Crippen LogP contribution in [0.3, 0.4) is 0 Å². The Bertz CT molecular complexity index is 403. The first-order valence-corrected chi connectivity index (χ1v) is 7.04. The van der Waals surface area contributed by atoms with E-state index in [0.717, 1.165) is 44.7 Å². The number of carbonyl (C=O) groups excluding carboxylic acids is 1. The number of nitrogens with one attached hydrogen (secondary N) is 2. The molecule has 1 fully saturated rings. The molecule has 1 amide bonds. The second-order valence-corrected chi connectivity index (χ2v) is 4.89. The smallest absolute Gasteiger partial charge is 0.251 e. The number of hydrogen-bond acceptors (Lipinski definition) is 3. The van der Waals surface area contributed by atoms with Gasteiger partial charge in [0.2, 0.25) is 0 Å². The molecule has 1 saturated heterocycles. The van der Waals surface area contributed by atoms with Gasteiger partial charge in [-0.15, -0.1) is 12.4 Å². The summed E-state index contributed by atoms with van der Waals surface area (Å²) < 4.78 is 5.57. The van der Waals surface area contributed by atoms with Gasteiger partial charge in [0.1, 0.15) is 5.75 Å². The molecular formula is C15H23ClN2O2. The van der Waals surface area contributed by atoms with Crippen molar-refractivity contribution in [1.82, 2.24) is 10.6 Å². The average Bonchev–Trinajstić information content (AvgIpc) is 2.93. The summed E-state index contributed by atoms with van der Waals surface area (Å²) in [6.45, 7) is 4.71. The largest absolute Gasteiger partial charge is 0.494 e. The third-order valence-electron chi connectivity index (χ3n) is 3.28. The molecule has 2 N–H and O–H groups in total. The van der Waals surface area contributed by atoms with Crippen LogP contribution < -0.4 is 15.4 Å². The van der Waals surface area contributed by atoms with E-state index in [-0.39, 0.29) is 24.4 Å². The first kappa shape index (κ1) is 16.8. The second-order valence-electron chi connectivity index (χ2n) is 4.89. The van der Waals surface area contributed by atoms with Crippen molar-refractivity contribution in [3.05, 3.63) is 29.8 Å². The van der Waals surface area contributed by atoms with Crippen LogP contribution in [0.2, 0.25) is 0 Å². The minimum Gasteiger partial charge on any atom is -0.494 e. The van der Waals surface area contributed by atoms with Gasteiger partial charge in [-0.2, -0.15) is 0 Å². The van der Waals surface area contributed by atoms with Crippen LogP contribution in [0, 0.1) is 0 Å². The Kier molecular flexibility index (Phi) is 7.41. The quantitative estimate of drug-likeness (QED) is 0.793. The van der Waals surface area contributed by atoms with E-state index in [4.69, 9.17) is 4.74 Å². The van der Waals surface area contributed by atoms with Crippen LogP contribution in [-0.4, -0.2) is 31.6 Å². The number of rotatable bonds is 6. The zero-order valence-electron chi connectivity index (χ0n) is 11.9. The summed E-state index contributed by atoms with van der Waals surface area (Å²) in [7, 11) is 0. The lowest BCUT2D eigenvalue weighted by Gasteiger charge is -2.11. The Hall–Kier alpha value is -1.26. The van der Waals surface area contributed by atoms with Gasteiger partial charge < -0.3 is 15.4 Å². The summed E-state index contributed by atoms with van der Waals surface area (Å²) in [4.78, 5) is 12.0. The van der Waals surface area contributed by atoms with Crippen LogP contribution >= 0.6 is 12.4 Å². The number of hydrogen-bond donors (Lipinski definition) is 2. The van der Waals surface area contributed by atoms with Crippen molar-refractivity contribution >= 4 is 18.3 Å². The fourth-order valence-corrected chi connectivity index (χ4v) is 2.08. The van der Waals surface area contributed by atoms with Gasteiger partial charge in [-0.05, 0) is 43.7 Å². The SMILES string of the molecule is CCCCOc1ccc(C(=O)NC2CCNC2)cc1.Cl. The van der Waals surface area contributed by atoms with Crippen LogP contribution in [-0.2, 0) is 0 Å². The Labute approximate surface area is 126 Å². The van der Waals surface area contributed by atoms with Crippen molar-refractivity contribution in [3.8, 4) is 5.75 Å². The molecule has 20 heavy (non-hydrogen) atoms. The van der Waals surface area contributed by atoms with Gasteiger partial charge in [-0.3, -0.25) is 4.79 Å². The van der Waals surface area contributed by atoms with E-state index in [9.17, 15) is 4.79 Å². The standard InChI is InChI=1S/C15H22N2O2.ClH/c1-2-3-10-19-14-6-4-12(5-7-14)15(18)17-13-8-9-16-11-13;/h4-7,13,16H,2-3,8-11H2,1H3,(H,17,18);1H. The monoisotopic (exact) mass is 298 g/mol. The maximum Gasteiger partial charge on any atom is 0.251 e. The Morgan fingerprint density at radius 1 is 1.40 bits per heavy atom. The highest BCUT2D eigenvalue weighted by Crippen LogP contribution is 2.13. The summed E-state index contributed by atoms with van der Waals surface area (Å²) in [6.07, 6.45) is 3.18. The molecule has 0 saturated carbocycles. The lowest BCUT2D eigenvalue weighted by molar-refractivity contribution is 0.0940. The maximum absolute atomic E-state index is 12.0. The van der Waals surface area contributed by atoms with Crippen molar-refractivity contribution in [2.75, 3.05) is 19.7 Å². The van der Waals surface area contributed by atoms with Crippen molar-refractivity contribution in [2.45, 2.75) is 32.2 Å². The number of unbranched alkanes of at least 4 members (excludes halogenated alkanes) is 1. The van der Waals surface area contributed by atoms with E-state index in [1.54, 1.807) is 0 Å². The van der Waals surface area contributed by atoms with E-state index < -0.39 is 0 Å². The topological polar surface area (TPSA) is 50.4 Å². The van der Waals surface area contributed by atoms with E-state index in [1.807, 2.05) is 24.3 Å². The third kappa shape index (κ3) is 5.02. The minimum atomic E-state index is -0.00573. The minimum absolute atomic E-state index is 0. The second kappa shape index (κ2) is 8.82. The number of carbonyl (C=O) groups is 1. The van der Waals surface area contributed by atoms with Crippen molar-refractivity contribution in [3.63, 3.8) is 0 Å². The zero-order chi connectivity index (χ0) is 13.5. The van der Waals surface area contributed by atoms with Crippen LogP contribution in [0.5, 0.6) is 5.75 Å². The van der Waals surface area contributed by atoms with Gasteiger partial charge in [0.05, 0.1) is 6.61 Å². The van der Waals surface area contributed by atoms with Gasteiger partial charge in [0.25, 0.3) is 5.91 Å². The lowest BCUT2D eigenvalue weighted by atomic mass is 10.2. The normalized spacial score (nSPS) is 17.4. The molecule has 0 spiro atoms. The Morgan fingerprint density at radius 3 is 2.75 bits per heavy atom. The molecule has 0 bridgehead atoms. The molecule has 112 valence electrons. The van der Waals surface area contributed by atoms with Crippen LogP contribution in [0.4, 0.5) is 0 Å². The van der Waals surface area contributed by atoms with Gasteiger partial charge >= 0.3 is 0 Å². The number of ether oxygens (including phenoxy) is 1. The first-order valence-electron chi connectivity index (χ1n) is 7.04. The maximum atomic E-state index is 12.0. The van der Waals surface area contributed by atoms with E-state index in [0.29, 0.717) is 5.56 Å². The molecule has 1 aromatic carbocycles. The van der Waals surface area contributed by atoms with Crippen molar-refractivity contribution in [1.29, 1.82) is 0 Å². The molecule has 0 radical (unpaired) electrons. The van der Waals surface area contributed by atoms with E-state index in [2.05, 4.69) is 17.6 Å². The predicted octanol–water partition coefficient (Wildman–Crippen LogP) is 2.38. The highest BCUT2D eigenvalue weighted by Gasteiger charge is 2.17. The summed E-state index contributed by atoms with van der Waals surface area (Å²) in [5, 5.41) is 6.26. The number of halogens is 1. The Morgan fingerprint density at radius 2 is 2.15 bits per heavy atom. The highest BCUT2D eigenvalue weighted by molar-refractivity contribution is 5.94. The fraction of sp³-hybridized carbons (Fsp3) is 0.533. The van der Waals surface area contributed by atoms with Gasteiger partial charge in [-0.25, -0.2) is 0 Å². The van der Waals surface area contributed by atoms with Gasteiger partial charge in [-0.1, -0.05) is 13.3 Å². The molecule has 4 nitrogen and oxygen atoms in total. The van der Waals surface area contributed by atoms with E-state index >= 15 is 0 Å².